The second-order valence-corrected chi connectivity index (χ2v) is 4.78. The van der Waals surface area contributed by atoms with E-state index in [2.05, 4.69) is 0 Å². The van der Waals surface area contributed by atoms with Gasteiger partial charge in [0, 0.05) is 17.4 Å². The maximum absolute atomic E-state index is 13.6. The van der Waals surface area contributed by atoms with E-state index < -0.39 is 22.5 Å². The van der Waals surface area contributed by atoms with Crippen molar-refractivity contribution in [2.75, 3.05) is 13.2 Å². The molecule has 0 aliphatic heterocycles. The van der Waals surface area contributed by atoms with Gasteiger partial charge in [-0.25, -0.2) is 8.78 Å². The molecule has 0 spiro atoms. The number of benzene rings is 1. The van der Waals surface area contributed by atoms with Gasteiger partial charge in [0.1, 0.15) is 11.6 Å². The molecule has 1 aliphatic carbocycles. The van der Waals surface area contributed by atoms with E-state index in [9.17, 15) is 13.9 Å². The number of aliphatic hydroxyl groups is 1. The van der Waals surface area contributed by atoms with Crippen molar-refractivity contribution in [3.05, 3.63) is 35.4 Å². The van der Waals surface area contributed by atoms with Crippen molar-refractivity contribution < 1.29 is 13.9 Å². The highest BCUT2D eigenvalue weighted by atomic mass is 19.1. The number of halogens is 2. The van der Waals surface area contributed by atoms with Gasteiger partial charge in [-0.3, -0.25) is 0 Å². The third-order valence-corrected chi connectivity index (χ3v) is 3.95. The van der Waals surface area contributed by atoms with Crippen LogP contribution in [-0.2, 0) is 5.41 Å². The molecule has 4 heteroatoms. The van der Waals surface area contributed by atoms with E-state index in [1.54, 1.807) is 0 Å². The van der Waals surface area contributed by atoms with Gasteiger partial charge in [0.15, 0.2) is 0 Å². The summed E-state index contributed by atoms with van der Waals surface area (Å²) in [6.45, 7) is 1.99. The molecule has 1 fully saturated rings. The van der Waals surface area contributed by atoms with Gasteiger partial charge >= 0.3 is 0 Å². The van der Waals surface area contributed by atoms with Gasteiger partial charge in [-0.1, -0.05) is 6.92 Å². The molecule has 1 aromatic carbocycles. The first-order valence-electron chi connectivity index (χ1n) is 5.25. The minimum Gasteiger partial charge on any atom is -0.396 e. The number of hydrogen-bond acceptors (Lipinski definition) is 2. The molecular weight excluding hydrogens is 212 g/mol. The van der Waals surface area contributed by atoms with Crippen molar-refractivity contribution in [2.45, 2.75) is 18.8 Å². The summed E-state index contributed by atoms with van der Waals surface area (Å²) >= 11 is 0. The maximum Gasteiger partial charge on any atom is 0.127 e. The standard InChI is InChI=1S/C12H15F2NO/c1-11(5-12(11,6-15)7-16)9-4-8(13)2-3-10(9)14/h2-4,16H,5-7,15H2,1H3. The first-order valence-corrected chi connectivity index (χ1v) is 5.25. The Hall–Kier alpha value is -1.00. The molecule has 2 nitrogen and oxygen atoms in total. The zero-order valence-corrected chi connectivity index (χ0v) is 9.13. The van der Waals surface area contributed by atoms with Crippen molar-refractivity contribution in [3.8, 4) is 0 Å². The van der Waals surface area contributed by atoms with Crippen molar-refractivity contribution >= 4 is 0 Å². The Morgan fingerprint density at radius 2 is 2.12 bits per heavy atom. The Bertz CT molecular complexity index is 417. The Balaban J connectivity index is 2.43. The number of aliphatic hydroxyl groups excluding tert-OH is 1. The SMILES string of the molecule is CC1(c2cc(F)ccc2F)CC1(CN)CO. The molecular formula is C12H15F2NO. The van der Waals surface area contributed by atoms with Gasteiger partial charge in [0.25, 0.3) is 0 Å². The minimum atomic E-state index is -0.553. The number of nitrogens with two attached hydrogens (primary N) is 1. The van der Waals surface area contributed by atoms with Gasteiger partial charge in [0.05, 0.1) is 6.61 Å². The largest absolute Gasteiger partial charge is 0.396 e. The Morgan fingerprint density at radius 1 is 1.44 bits per heavy atom. The summed E-state index contributed by atoms with van der Waals surface area (Å²) in [7, 11) is 0. The maximum atomic E-state index is 13.6. The fraction of sp³-hybridized carbons (Fsp3) is 0.500. The molecule has 2 unspecified atom stereocenters. The monoisotopic (exact) mass is 227 g/mol. The molecule has 88 valence electrons. The van der Waals surface area contributed by atoms with Crippen LogP contribution in [-0.4, -0.2) is 18.3 Å². The second kappa shape index (κ2) is 3.50. The van der Waals surface area contributed by atoms with Crippen molar-refractivity contribution in [1.29, 1.82) is 0 Å². The fourth-order valence-corrected chi connectivity index (χ4v) is 2.53. The fourth-order valence-electron chi connectivity index (χ4n) is 2.53. The predicted molar refractivity (Wildman–Crippen MR) is 56.9 cm³/mol. The van der Waals surface area contributed by atoms with Crippen LogP contribution in [0.2, 0.25) is 0 Å². The highest BCUT2D eigenvalue weighted by molar-refractivity contribution is 5.38. The van der Waals surface area contributed by atoms with Gasteiger partial charge < -0.3 is 10.8 Å². The summed E-state index contributed by atoms with van der Waals surface area (Å²) in [4.78, 5) is 0. The number of rotatable bonds is 3. The topological polar surface area (TPSA) is 46.2 Å². The first kappa shape index (κ1) is 11.5. The van der Waals surface area contributed by atoms with Gasteiger partial charge in [-0.2, -0.15) is 0 Å². The molecule has 3 N–H and O–H groups in total. The zero-order valence-electron chi connectivity index (χ0n) is 9.13. The first-order chi connectivity index (χ1) is 7.49. The van der Waals surface area contributed by atoms with E-state index in [0.717, 1.165) is 12.1 Å². The van der Waals surface area contributed by atoms with E-state index in [1.165, 1.54) is 6.07 Å². The van der Waals surface area contributed by atoms with Gasteiger partial charge in [-0.15, -0.1) is 0 Å². The molecule has 0 amide bonds. The zero-order chi connectivity index (χ0) is 12.0. The van der Waals surface area contributed by atoms with Crippen LogP contribution in [0.25, 0.3) is 0 Å². The lowest BCUT2D eigenvalue weighted by Gasteiger charge is -2.20. The van der Waals surface area contributed by atoms with Crippen LogP contribution >= 0.6 is 0 Å². The van der Waals surface area contributed by atoms with Crippen molar-refractivity contribution in [2.24, 2.45) is 11.1 Å². The molecule has 2 rings (SSSR count). The molecule has 1 saturated carbocycles. The van der Waals surface area contributed by atoms with Gasteiger partial charge in [0.2, 0.25) is 0 Å². The van der Waals surface area contributed by atoms with Crippen LogP contribution in [0, 0.1) is 17.0 Å². The van der Waals surface area contributed by atoms with Crippen LogP contribution in [0.15, 0.2) is 18.2 Å². The predicted octanol–water partition coefficient (Wildman–Crippen LogP) is 1.56. The van der Waals surface area contributed by atoms with E-state index in [0.29, 0.717) is 12.0 Å². The van der Waals surface area contributed by atoms with E-state index in [1.807, 2.05) is 6.92 Å². The summed E-state index contributed by atoms with van der Waals surface area (Å²) < 4.78 is 26.7. The summed E-state index contributed by atoms with van der Waals surface area (Å²) in [5.74, 6) is -0.902. The summed E-state index contributed by atoms with van der Waals surface area (Å²) in [5, 5.41) is 9.32. The molecule has 0 heterocycles. The molecule has 2 atom stereocenters. The number of hydrogen-bond donors (Lipinski definition) is 2. The van der Waals surface area contributed by atoms with Gasteiger partial charge in [-0.05, 0) is 30.2 Å². The van der Waals surface area contributed by atoms with Crippen LogP contribution in [0.3, 0.4) is 0 Å². The molecule has 16 heavy (non-hydrogen) atoms. The lowest BCUT2D eigenvalue weighted by atomic mass is 9.87. The highest BCUT2D eigenvalue weighted by Crippen LogP contribution is 2.64. The molecule has 0 radical (unpaired) electrons. The molecule has 0 bridgehead atoms. The minimum absolute atomic E-state index is 0.101. The van der Waals surface area contributed by atoms with Crippen molar-refractivity contribution in [3.63, 3.8) is 0 Å². The Morgan fingerprint density at radius 3 is 2.62 bits per heavy atom. The summed E-state index contributed by atoms with van der Waals surface area (Å²) in [6.07, 6.45) is 0.591. The van der Waals surface area contributed by atoms with Crippen LogP contribution < -0.4 is 5.73 Å². The molecule has 1 aromatic rings. The molecule has 0 aromatic heterocycles. The normalized spacial score (nSPS) is 32.8. The lowest BCUT2D eigenvalue weighted by molar-refractivity contribution is 0.197. The second-order valence-electron chi connectivity index (χ2n) is 4.78. The third-order valence-electron chi connectivity index (χ3n) is 3.95. The Kier molecular flexibility index (Phi) is 2.51. The average Bonchev–Trinajstić information content (AvgIpc) is 2.90. The van der Waals surface area contributed by atoms with E-state index in [-0.39, 0.29) is 13.2 Å². The average molecular weight is 227 g/mol. The highest BCUT2D eigenvalue weighted by Gasteiger charge is 2.64. The van der Waals surface area contributed by atoms with Crippen LogP contribution in [0.1, 0.15) is 18.9 Å². The van der Waals surface area contributed by atoms with E-state index >= 15 is 0 Å². The lowest BCUT2D eigenvalue weighted by Crippen LogP contribution is -2.28. The quantitative estimate of drug-likeness (QED) is 0.823. The summed E-state index contributed by atoms with van der Waals surface area (Å²) in [5.41, 5.74) is 4.86. The summed E-state index contributed by atoms with van der Waals surface area (Å²) in [6, 6.07) is 3.41. The smallest absolute Gasteiger partial charge is 0.127 e. The Labute approximate surface area is 93.1 Å². The third kappa shape index (κ3) is 1.37. The van der Waals surface area contributed by atoms with Crippen LogP contribution in [0.5, 0.6) is 0 Å². The molecule has 0 saturated heterocycles. The van der Waals surface area contributed by atoms with Crippen molar-refractivity contribution in [1.82, 2.24) is 0 Å². The van der Waals surface area contributed by atoms with Crippen LogP contribution in [0.4, 0.5) is 8.78 Å². The van der Waals surface area contributed by atoms with E-state index in [4.69, 9.17) is 5.73 Å². The molecule has 1 aliphatic rings.